The van der Waals surface area contributed by atoms with Crippen molar-refractivity contribution in [1.82, 2.24) is 0 Å². The summed E-state index contributed by atoms with van der Waals surface area (Å²) in [4.78, 5) is 14.4. The average Bonchev–Trinajstić information content (AvgIpc) is 3.06. The number of hydrogen-bond donors (Lipinski definition) is 1. The van der Waals surface area contributed by atoms with Gasteiger partial charge in [0.05, 0.1) is 0 Å². The quantitative estimate of drug-likeness (QED) is 0.691. The second kappa shape index (κ2) is 6.81. The van der Waals surface area contributed by atoms with E-state index in [1.54, 1.807) is 35.2 Å². The van der Waals surface area contributed by atoms with Gasteiger partial charge in [0.15, 0.2) is 5.76 Å². The van der Waals surface area contributed by atoms with Gasteiger partial charge in [0.2, 0.25) is 0 Å². The minimum Gasteiger partial charge on any atom is -0.451 e. The lowest BCUT2D eigenvalue weighted by molar-refractivity contribution is 0.0962. The van der Waals surface area contributed by atoms with Gasteiger partial charge in [0.1, 0.15) is 5.76 Å². The van der Waals surface area contributed by atoms with Gasteiger partial charge in [-0.15, -0.1) is 0 Å². The summed E-state index contributed by atoms with van der Waals surface area (Å²) in [6, 6.07) is 18.1. The molecule has 0 unspecified atom stereocenters. The summed E-state index contributed by atoms with van der Waals surface area (Å²) in [5.74, 6) is 0.615. The van der Waals surface area contributed by atoms with E-state index in [2.05, 4.69) is 0 Å². The van der Waals surface area contributed by atoms with Crippen LogP contribution in [0.25, 0.3) is 11.3 Å². The van der Waals surface area contributed by atoms with E-state index in [9.17, 15) is 4.79 Å². The van der Waals surface area contributed by atoms with Gasteiger partial charge in [-0.05, 0) is 49.4 Å². The predicted molar refractivity (Wildman–Crippen MR) is 97.4 cm³/mol. The van der Waals surface area contributed by atoms with Crippen LogP contribution < -0.4 is 10.6 Å². The van der Waals surface area contributed by atoms with Crippen molar-refractivity contribution in [1.29, 1.82) is 0 Å². The number of hydrogen-bond acceptors (Lipinski definition) is 3. The van der Waals surface area contributed by atoms with Gasteiger partial charge in [-0.25, -0.2) is 0 Å². The van der Waals surface area contributed by atoms with Gasteiger partial charge < -0.3 is 15.1 Å². The van der Waals surface area contributed by atoms with Gasteiger partial charge in [-0.1, -0.05) is 29.8 Å². The average molecular weight is 341 g/mol. The molecule has 0 bridgehead atoms. The number of nitrogens with zero attached hydrogens (tertiary/aromatic N) is 1. The molecule has 3 aromatic rings. The first kappa shape index (κ1) is 16.1. The number of carbonyl (C=O) groups excluding carboxylic acids is 1. The zero-order valence-electron chi connectivity index (χ0n) is 13.2. The summed E-state index contributed by atoms with van der Waals surface area (Å²) < 4.78 is 5.74. The molecule has 2 aromatic carbocycles. The topological polar surface area (TPSA) is 59.5 Å². The molecule has 0 spiro atoms. The van der Waals surface area contributed by atoms with Gasteiger partial charge >= 0.3 is 0 Å². The van der Waals surface area contributed by atoms with Crippen molar-refractivity contribution in [3.63, 3.8) is 0 Å². The second-order valence-corrected chi connectivity index (χ2v) is 5.72. The summed E-state index contributed by atoms with van der Waals surface area (Å²) in [7, 11) is 0. The van der Waals surface area contributed by atoms with E-state index in [1.165, 1.54) is 0 Å². The first-order valence-electron chi connectivity index (χ1n) is 7.62. The monoisotopic (exact) mass is 340 g/mol. The van der Waals surface area contributed by atoms with Crippen LogP contribution in [0.5, 0.6) is 0 Å². The Labute approximate surface area is 145 Å². The van der Waals surface area contributed by atoms with Gasteiger partial charge in [0, 0.05) is 28.5 Å². The van der Waals surface area contributed by atoms with E-state index in [0.717, 1.165) is 5.69 Å². The molecule has 3 rings (SSSR count). The number of nitrogens with two attached hydrogens (primary N) is 1. The molecular formula is C19H17ClN2O2. The maximum Gasteiger partial charge on any atom is 0.293 e. The molecule has 0 fully saturated rings. The van der Waals surface area contributed by atoms with Crippen molar-refractivity contribution in [2.75, 3.05) is 17.2 Å². The van der Waals surface area contributed by atoms with Gasteiger partial charge in [-0.2, -0.15) is 0 Å². The summed E-state index contributed by atoms with van der Waals surface area (Å²) in [5.41, 5.74) is 8.02. The Bertz CT molecular complexity index is 859. The van der Waals surface area contributed by atoms with Crippen LogP contribution in [0.1, 0.15) is 17.5 Å². The molecule has 0 aliphatic carbocycles. The highest BCUT2D eigenvalue weighted by Gasteiger charge is 2.20. The lowest BCUT2D eigenvalue weighted by Gasteiger charge is -2.19. The van der Waals surface area contributed by atoms with Crippen molar-refractivity contribution < 1.29 is 9.21 Å². The Morgan fingerprint density at radius 1 is 1.12 bits per heavy atom. The molecule has 1 aromatic heterocycles. The Morgan fingerprint density at radius 3 is 2.54 bits per heavy atom. The standard InChI is InChI=1S/C19H17ClN2O2/c1-2-22(14-6-4-3-5-7-14)19(23)18-11-10-17(24-18)15-9-8-13(20)12-16(15)21/h3-12H,2,21H2,1H3. The van der Waals surface area contributed by atoms with Crippen molar-refractivity contribution in [2.24, 2.45) is 0 Å². The first-order chi connectivity index (χ1) is 11.6. The van der Waals surface area contributed by atoms with E-state index in [-0.39, 0.29) is 11.7 Å². The number of carbonyl (C=O) groups is 1. The molecule has 5 heteroatoms. The van der Waals surface area contributed by atoms with E-state index >= 15 is 0 Å². The largest absolute Gasteiger partial charge is 0.451 e. The molecule has 24 heavy (non-hydrogen) atoms. The lowest BCUT2D eigenvalue weighted by Crippen LogP contribution is -2.30. The third-order valence-electron chi connectivity index (χ3n) is 3.73. The normalized spacial score (nSPS) is 10.6. The van der Waals surface area contributed by atoms with Crippen molar-refractivity contribution >= 4 is 28.9 Å². The predicted octanol–water partition coefficient (Wildman–Crippen LogP) is 4.85. The SMILES string of the molecule is CCN(C(=O)c1ccc(-c2ccc(Cl)cc2N)o1)c1ccccc1. The van der Waals surface area contributed by atoms with Crippen LogP contribution in [-0.4, -0.2) is 12.5 Å². The molecule has 0 saturated carbocycles. The van der Waals surface area contributed by atoms with Gasteiger partial charge in [0.25, 0.3) is 5.91 Å². The number of nitrogen functional groups attached to an aromatic ring is 1. The van der Waals surface area contributed by atoms with Crippen LogP contribution in [0, 0.1) is 0 Å². The molecule has 0 aliphatic rings. The molecule has 0 saturated heterocycles. The van der Waals surface area contributed by atoms with Crippen LogP contribution in [-0.2, 0) is 0 Å². The highest BCUT2D eigenvalue weighted by molar-refractivity contribution is 6.31. The van der Waals surface area contributed by atoms with Crippen molar-refractivity contribution in [3.05, 3.63) is 71.4 Å². The van der Waals surface area contributed by atoms with E-state index < -0.39 is 0 Å². The number of benzene rings is 2. The Balaban J connectivity index is 1.91. The maximum absolute atomic E-state index is 12.7. The Hall–Kier alpha value is -2.72. The van der Waals surface area contributed by atoms with E-state index in [1.807, 2.05) is 37.3 Å². The van der Waals surface area contributed by atoms with E-state index in [4.69, 9.17) is 21.8 Å². The third-order valence-corrected chi connectivity index (χ3v) is 3.96. The maximum atomic E-state index is 12.7. The highest BCUT2D eigenvalue weighted by Crippen LogP contribution is 2.30. The van der Waals surface area contributed by atoms with Crippen molar-refractivity contribution in [2.45, 2.75) is 6.92 Å². The Kier molecular flexibility index (Phi) is 4.58. The lowest BCUT2D eigenvalue weighted by atomic mass is 10.1. The highest BCUT2D eigenvalue weighted by atomic mass is 35.5. The van der Waals surface area contributed by atoms with E-state index in [0.29, 0.717) is 28.6 Å². The van der Waals surface area contributed by atoms with Crippen LogP contribution in [0.2, 0.25) is 5.02 Å². The number of furan rings is 1. The van der Waals surface area contributed by atoms with Crippen LogP contribution in [0.4, 0.5) is 11.4 Å². The number of rotatable bonds is 4. The molecule has 1 heterocycles. The van der Waals surface area contributed by atoms with Gasteiger partial charge in [-0.3, -0.25) is 4.79 Å². The third kappa shape index (κ3) is 3.14. The molecular weight excluding hydrogens is 324 g/mol. The zero-order chi connectivity index (χ0) is 17.1. The number of halogens is 1. The van der Waals surface area contributed by atoms with Crippen LogP contribution in [0.3, 0.4) is 0 Å². The second-order valence-electron chi connectivity index (χ2n) is 5.28. The minimum atomic E-state index is -0.192. The fourth-order valence-corrected chi connectivity index (χ4v) is 2.72. The molecule has 0 radical (unpaired) electrons. The zero-order valence-corrected chi connectivity index (χ0v) is 14.0. The van der Waals surface area contributed by atoms with Crippen LogP contribution in [0.15, 0.2) is 65.1 Å². The molecule has 1 amide bonds. The summed E-state index contributed by atoms with van der Waals surface area (Å²) in [5, 5.41) is 0.556. The minimum absolute atomic E-state index is 0.192. The first-order valence-corrected chi connectivity index (χ1v) is 8.00. The summed E-state index contributed by atoms with van der Waals surface area (Å²) in [6.07, 6.45) is 0. The fourth-order valence-electron chi connectivity index (χ4n) is 2.54. The molecule has 122 valence electrons. The Morgan fingerprint density at radius 2 is 1.88 bits per heavy atom. The summed E-state index contributed by atoms with van der Waals surface area (Å²) >= 11 is 5.92. The fraction of sp³-hybridized carbons (Fsp3) is 0.105. The molecule has 4 nitrogen and oxygen atoms in total. The van der Waals surface area contributed by atoms with Crippen LogP contribution >= 0.6 is 11.6 Å². The van der Waals surface area contributed by atoms with Crippen molar-refractivity contribution in [3.8, 4) is 11.3 Å². The number of amides is 1. The summed E-state index contributed by atoms with van der Waals surface area (Å²) in [6.45, 7) is 2.47. The number of anilines is 2. The number of para-hydroxylation sites is 1. The smallest absolute Gasteiger partial charge is 0.293 e. The molecule has 0 atom stereocenters. The molecule has 2 N–H and O–H groups in total. The molecule has 0 aliphatic heterocycles.